The maximum Gasteiger partial charge on any atom is 0.494 e. The third kappa shape index (κ3) is 4.36. The largest absolute Gasteiger partial charge is 0.494 e. The van der Waals surface area contributed by atoms with E-state index in [1.807, 2.05) is 12.1 Å². The maximum atomic E-state index is 6.60. The molecule has 0 bridgehead atoms. The van der Waals surface area contributed by atoms with Gasteiger partial charge in [0.05, 0.1) is 28.7 Å². The van der Waals surface area contributed by atoms with Crippen LogP contribution in [-0.2, 0) is 14.0 Å². The molecule has 8 heteroatoms. The van der Waals surface area contributed by atoms with Crippen LogP contribution in [0.2, 0.25) is 0 Å². The molecule has 1 unspecified atom stereocenters. The van der Waals surface area contributed by atoms with Gasteiger partial charge in [-0.3, -0.25) is 5.73 Å². The molecule has 0 aromatic heterocycles. The molecule has 1 aromatic carbocycles. The number of likely N-dealkylation sites (N-methyl/N-ethyl adjacent to an activating group) is 1. The van der Waals surface area contributed by atoms with Gasteiger partial charge in [0, 0.05) is 31.6 Å². The highest BCUT2D eigenvalue weighted by Gasteiger charge is 2.51. The van der Waals surface area contributed by atoms with Gasteiger partial charge < -0.3 is 23.8 Å². The average molecular weight is 442 g/mol. The standard InChI is InChI=1S/C24H39BN4O3/c1-22(2)23(3,4)32-25(31-22)19-9-10-20-18(15-19)16-29(21(26)27-20)24(11-7-8-12-24)17-28(5)13-14-30-6/h9-10,15-16,21H,7-8,11-14,17,26H2,1-6H3. The third-order valence-corrected chi connectivity index (χ3v) is 7.73. The molecular weight excluding hydrogens is 403 g/mol. The lowest BCUT2D eigenvalue weighted by atomic mass is 9.79. The first-order chi connectivity index (χ1) is 15.1. The number of methoxy groups -OCH3 is 1. The zero-order chi connectivity index (χ0) is 23.1. The van der Waals surface area contributed by atoms with E-state index in [1.54, 1.807) is 7.11 Å². The van der Waals surface area contributed by atoms with Gasteiger partial charge in [0.15, 0.2) is 6.29 Å². The second kappa shape index (κ2) is 8.72. The van der Waals surface area contributed by atoms with E-state index in [2.05, 4.69) is 56.8 Å². The summed E-state index contributed by atoms with van der Waals surface area (Å²) in [6.07, 6.45) is 6.52. The van der Waals surface area contributed by atoms with Crippen LogP contribution in [0.4, 0.5) is 0 Å². The second-order valence-corrected chi connectivity index (χ2v) is 10.6. The summed E-state index contributed by atoms with van der Waals surface area (Å²) in [6.45, 7) is 10.9. The van der Waals surface area contributed by atoms with Gasteiger partial charge in [-0.1, -0.05) is 25.0 Å². The Kier molecular flexibility index (Phi) is 6.46. The first-order valence-corrected chi connectivity index (χ1v) is 11.8. The molecule has 32 heavy (non-hydrogen) atoms. The van der Waals surface area contributed by atoms with E-state index >= 15 is 0 Å². The van der Waals surface area contributed by atoms with Crippen molar-refractivity contribution in [3.05, 3.63) is 28.8 Å². The zero-order valence-corrected chi connectivity index (χ0v) is 20.6. The van der Waals surface area contributed by atoms with Gasteiger partial charge >= 0.3 is 7.12 Å². The Hall–Kier alpha value is -1.45. The van der Waals surface area contributed by atoms with E-state index < -0.39 is 0 Å². The monoisotopic (exact) mass is 442 g/mol. The Labute approximate surface area is 192 Å². The number of rotatable bonds is 7. The molecule has 3 aliphatic rings. The number of ether oxygens (including phenoxy) is 1. The lowest BCUT2D eigenvalue weighted by molar-refractivity contribution is 0.00578. The SMILES string of the molecule is COCCN(C)CC1(N2C=c3cc(B4OC(C)(C)C(C)(C)O4)ccc3=NC2N)CCCC1. The van der Waals surface area contributed by atoms with Gasteiger partial charge in [-0.2, -0.15) is 0 Å². The number of fused-ring (bicyclic) bond motifs is 1. The third-order valence-electron chi connectivity index (χ3n) is 7.73. The van der Waals surface area contributed by atoms with Gasteiger partial charge in [0.25, 0.3) is 0 Å². The van der Waals surface area contributed by atoms with Gasteiger partial charge in [-0.25, -0.2) is 4.99 Å². The Morgan fingerprint density at radius 3 is 2.47 bits per heavy atom. The van der Waals surface area contributed by atoms with E-state index in [0.717, 1.165) is 48.6 Å². The molecule has 1 saturated heterocycles. The minimum atomic E-state index is -0.386. The number of nitrogens with two attached hydrogens (primary N) is 1. The molecule has 0 spiro atoms. The molecule has 1 atom stereocenters. The van der Waals surface area contributed by atoms with E-state index in [9.17, 15) is 0 Å². The average Bonchev–Trinajstić information content (AvgIpc) is 3.27. The lowest BCUT2D eigenvalue weighted by Gasteiger charge is -2.45. The van der Waals surface area contributed by atoms with Crippen LogP contribution in [0.15, 0.2) is 23.2 Å². The molecule has 7 nitrogen and oxygen atoms in total. The highest BCUT2D eigenvalue weighted by Crippen LogP contribution is 2.38. The van der Waals surface area contributed by atoms with Crippen molar-refractivity contribution in [2.24, 2.45) is 10.7 Å². The molecular formula is C24H39BN4O3. The fourth-order valence-corrected chi connectivity index (χ4v) is 5.13. The summed E-state index contributed by atoms with van der Waals surface area (Å²) >= 11 is 0. The molecule has 2 heterocycles. The predicted molar refractivity (Wildman–Crippen MR) is 128 cm³/mol. The van der Waals surface area contributed by atoms with Crippen LogP contribution >= 0.6 is 0 Å². The summed E-state index contributed by atoms with van der Waals surface area (Å²) in [7, 11) is 3.53. The zero-order valence-electron chi connectivity index (χ0n) is 20.6. The Morgan fingerprint density at radius 1 is 1.19 bits per heavy atom. The van der Waals surface area contributed by atoms with Crippen molar-refractivity contribution >= 4 is 18.8 Å². The van der Waals surface area contributed by atoms with Crippen molar-refractivity contribution in [2.75, 3.05) is 33.9 Å². The molecule has 1 saturated carbocycles. The van der Waals surface area contributed by atoms with Crippen LogP contribution in [0.25, 0.3) is 6.20 Å². The fraction of sp³-hybridized carbons (Fsp3) is 0.708. The fourth-order valence-electron chi connectivity index (χ4n) is 5.13. The predicted octanol–water partition coefficient (Wildman–Crippen LogP) is 0.792. The second-order valence-electron chi connectivity index (χ2n) is 10.6. The van der Waals surface area contributed by atoms with Crippen LogP contribution in [0.1, 0.15) is 53.4 Å². The summed E-state index contributed by atoms with van der Waals surface area (Å²) in [5.74, 6) is 0. The Balaban J connectivity index is 1.65. The van der Waals surface area contributed by atoms with Crippen molar-refractivity contribution in [3.8, 4) is 0 Å². The van der Waals surface area contributed by atoms with Gasteiger partial charge in [0.2, 0.25) is 0 Å². The number of hydrogen-bond acceptors (Lipinski definition) is 7. The summed E-state index contributed by atoms with van der Waals surface area (Å²) < 4.78 is 17.8. The highest BCUT2D eigenvalue weighted by atomic mass is 16.7. The maximum absolute atomic E-state index is 6.60. The normalized spacial score (nSPS) is 25.6. The van der Waals surface area contributed by atoms with Crippen molar-refractivity contribution in [2.45, 2.75) is 76.4 Å². The van der Waals surface area contributed by atoms with Crippen LogP contribution in [-0.4, -0.2) is 73.8 Å². The van der Waals surface area contributed by atoms with Crippen LogP contribution in [0.3, 0.4) is 0 Å². The minimum absolute atomic E-state index is 0.0105. The molecule has 0 radical (unpaired) electrons. The van der Waals surface area contributed by atoms with Gasteiger partial charge in [0.1, 0.15) is 0 Å². The summed E-state index contributed by atoms with van der Waals surface area (Å²) in [4.78, 5) is 9.52. The Bertz CT molecular complexity index is 929. The van der Waals surface area contributed by atoms with Crippen LogP contribution in [0, 0.1) is 0 Å². The molecule has 0 amide bonds. The van der Waals surface area contributed by atoms with Crippen LogP contribution in [0.5, 0.6) is 0 Å². The Morgan fingerprint density at radius 2 is 1.84 bits per heavy atom. The van der Waals surface area contributed by atoms with E-state index in [4.69, 9.17) is 24.8 Å². The first-order valence-electron chi connectivity index (χ1n) is 11.8. The van der Waals surface area contributed by atoms with Gasteiger partial charge in [-0.05, 0) is 59.1 Å². The summed E-state index contributed by atoms with van der Waals surface area (Å²) in [6, 6.07) is 6.23. The summed E-state index contributed by atoms with van der Waals surface area (Å²) in [5.41, 5.74) is 6.88. The minimum Gasteiger partial charge on any atom is -0.399 e. The smallest absolute Gasteiger partial charge is 0.399 e. The molecule has 2 N–H and O–H groups in total. The number of hydrogen-bond donors (Lipinski definition) is 1. The van der Waals surface area contributed by atoms with Crippen molar-refractivity contribution in [1.82, 2.24) is 9.80 Å². The molecule has 1 aliphatic carbocycles. The number of benzene rings is 1. The summed E-state index contributed by atoms with van der Waals surface area (Å²) in [5, 5.41) is 2.00. The van der Waals surface area contributed by atoms with E-state index in [-0.39, 0.29) is 30.1 Å². The van der Waals surface area contributed by atoms with Crippen molar-refractivity contribution in [3.63, 3.8) is 0 Å². The molecule has 2 fully saturated rings. The molecule has 1 aromatic rings. The van der Waals surface area contributed by atoms with E-state index in [0.29, 0.717) is 0 Å². The topological polar surface area (TPSA) is 72.5 Å². The highest BCUT2D eigenvalue weighted by molar-refractivity contribution is 6.62. The lowest BCUT2D eigenvalue weighted by Crippen LogP contribution is -2.60. The molecule has 2 aliphatic heterocycles. The molecule has 4 rings (SSSR count). The quantitative estimate of drug-likeness (QED) is 0.630. The van der Waals surface area contributed by atoms with Crippen molar-refractivity contribution in [1.29, 1.82) is 0 Å². The van der Waals surface area contributed by atoms with Crippen LogP contribution < -0.4 is 21.8 Å². The molecule has 176 valence electrons. The van der Waals surface area contributed by atoms with E-state index in [1.165, 1.54) is 12.8 Å². The number of nitrogens with zero attached hydrogens (tertiary/aromatic N) is 3. The first kappa shape index (κ1) is 23.7. The van der Waals surface area contributed by atoms with Crippen molar-refractivity contribution < 1.29 is 14.0 Å². The van der Waals surface area contributed by atoms with Gasteiger partial charge in [-0.15, -0.1) is 0 Å².